The zero-order valence-electron chi connectivity index (χ0n) is 11.4. The van der Waals surface area contributed by atoms with Crippen LogP contribution >= 0.6 is 0 Å². The van der Waals surface area contributed by atoms with Crippen LogP contribution in [-0.4, -0.2) is 28.5 Å². The summed E-state index contributed by atoms with van der Waals surface area (Å²) in [6.07, 6.45) is 5.92. The van der Waals surface area contributed by atoms with E-state index in [0.717, 1.165) is 12.8 Å². The monoisotopic (exact) mass is 269 g/mol. The maximum Gasteiger partial charge on any atom is 0.246 e. The molecular formula is C13H23N3O3. The lowest BCUT2D eigenvalue weighted by molar-refractivity contribution is -0.00145. The molecule has 0 aromatic carbocycles. The molecule has 0 spiro atoms. The molecule has 0 radical (unpaired) electrons. The van der Waals surface area contributed by atoms with Crippen LogP contribution in [0.3, 0.4) is 0 Å². The molecule has 19 heavy (non-hydrogen) atoms. The molecule has 2 atom stereocenters. The zero-order valence-corrected chi connectivity index (χ0v) is 11.4. The Morgan fingerprint density at radius 2 is 2.16 bits per heavy atom. The van der Waals surface area contributed by atoms with Crippen LogP contribution in [0.4, 0.5) is 0 Å². The van der Waals surface area contributed by atoms with Crippen LogP contribution < -0.4 is 5.73 Å². The predicted molar refractivity (Wildman–Crippen MR) is 69.3 cm³/mol. The van der Waals surface area contributed by atoms with Crippen molar-refractivity contribution in [3.05, 3.63) is 11.7 Å². The Bertz CT molecular complexity index is 377. The number of aliphatic hydroxyl groups is 1. The summed E-state index contributed by atoms with van der Waals surface area (Å²) in [6, 6.07) is -0.616. The van der Waals surface area contributed by atoms with E-state index in [0.29, 0.717) is 18.3 Å². The van der Waals surface area contributed by atoms with Gasteiger partial charge in [-0.15, -0.1) is 0 Å². The van der Waals surface area contributed by atoms with E-state index in [-0.39, 0.29) is 18.6 Å². The SMILES string of the molecule is CCOC(c1noc([C@H](N)CO)n1)C1CCCCC1. The first-order valence-electron chi connectivity index (χ1n) is 7.07. The summed E-state index contributed by atoms with van der Waals surface area (Å²) in [5.74, 6) is 1.29. The molecule has 1 aromatic rings. The molecule has 1 fully saturated rings. The van der Waals surface area contributed by atoms with Crippen molar-refractivity contribution in [2.24, 2.45) is 11.7 Å². The zero-order chi connectivity index (χ0) is 13.7. The maximum absolute atomic E-state index is 9.00. The van der Waals surface area contributed by atoms with Crippen molar-refractivity contribution in [2.75, 3.05) is 13.2 Å². The van der Waals surface area contributed by atoms with Gasteiger partial charge in [0.2, 0.25) is 11.7 Å². The minimum Gasteiger partial charge on any atom is -0.394 e. The summed E-state index contributed by atoms with van der Waals surface area (Å²) < 4.78 is 10.9. The lowest BCUT2D eigenvalue weighted by Crippen LogP contribution is -2.21. The number of aliphatic hydroxyl groups excluding tert-OH is 1. The summed E-state index contributed by atoms with van der Waals surface area (Å²) in [5.41, 5.74) is 5.67. The third-order valence-corrected chi connectivity index (χ3v) is 3.65. The van der Waals surface area contributed by atoms with Crippen LogP contribution in [-0.2, 0) is 4.74 Å². The molecule has 6 heteroatoms. The highest BCUT2D eigenvalue weighted by Gasteiger charge is 2.30. The standard InChI is InChI=1S/C13H23N3O3/c1-2-18-11(9-6-4-3-5-7-9)12-15-13(19-16-12)10(14)8-17/h9-11,17H,2-8,14H2,1H3/t10-,11?/m1/s1. The van der Waals surface area contributed by atoms with E-state index < -0.39 is 6.04 Å². The second kappa shape index (κ2) is 6.98. The third-order valence-electron chi connectivity index (χ3n) is 3.65. The molecule has 3 N–H and O–H groups in total. The van der Waals surface area contributed by atoms with Crippen LogP contribution in [0.2, 0.25) is 0 Å². The highest BCUT2D eigenvalue weighted by molar-refractivity contribution is 4.97. The normalized spacial score (nSPS) is 20.4. The minimum atomic E-state index is -0.616. The van der Waals surface area contributed by atoms with Crippen LogP contribution in [0, 0.1) is 5.92 Å². The molecule has 1 aromatic heterocycles. The number of aromatic nitrogens is 2. The molecule has 0 amide bonds. The molecule has 1 aliphatic carbocycles. The lowest BCUT2D eigenvalue weighted by Gasteiger charge is -2.27. The van der Waals surface area contributed by atoms with E-state index in [1.165, 1.54) is 19.3 Å². The summed E-state index contributed by atoms with van der Waals surface area (Å²) in [7, 11) is 0. The Hall–Kier alpha value is -0.980. The summed E-state index contributed by atoms with van der Waals surface area (Å²) in [6.45, 7) is 2.39. The number of nitrogens with two attached hydrogens (primary N) is 1. The van der Waals surface area contributed by atoms with Gasteiger partial charge in [0.1, 0.15) is 12.1 Å². The first-order chi connectivity index (χ1) is 9.26. The smallest absolute Gasteiger partial charge is 0.246 e. The van der Waals surface area contributed by atoms with Gasteiger partial charge in [0.25, 0.3) is 0 Å². The second-order valence-electron chi connectivity index (χ2n) is 5.05. The molecule has 0 aliphatic heterocycles. The number of nitrogens with zero attached hydrogens (tertiary/aromatic N) is 2. The predicted octanol–water partition coefficient (Wildman–Crippen LogP) is 1.72. The Kier molecular flexibility index (Phi) is 5.30. The van der Waals surface area contributed by atoms with Gasteiger partial charge in [-0.1, -0.05) is 24.4 Å². The van der Waals surface area contributed by atoms with Crippen LogP contribution in [0.5, 0.6) is 0 Å². The van der Waals surface area contributed by atoms with Crippen molar-refractivity contribution in [3.63, 3.8) is 0 Å². The number of hydrogen-bond donors (Lipinski definition) is 2. The van der Waals surface area contributed by atoms with Gasteiger partial charge in [-0.25, -0.2) is 0 Å². The summed E-state index contributed by atoms with van der Waals surface area (Å²) in [4.78, 5) is 4.29. The van der Waals surface area contributed by atoms with Crippen molar-refractivity contribution in [2.45, 2.75) is 51.2 Å². The van der Waals surface area contributed by atoms with E-state index in [4.69, 9.17) is 20.1 Å². The van der Waals surface area contributed by atoms with Crippen molar-refractivity contribution in [1.29, 1.82) is 0 Å². The van der Waals surface area contributed by atoms with Gasteiger partial charge >= 0.3 is 0 Å². The highest BCUT2D eigenvalue weighted by Crippen LogP contribution is 2.35. The molecule has 0 bridgehead atoms. The van der Waals surface area contributed by atoms with Crippen LogP contribution in [0.15, 0.2) is 4.52 Å². The molecule has 6 nitrogen and oxygen atoms in total. The van der Waals surface area contributed by atoms with Crippen molar-refractivity contribution < 1.29 is 14.4 Å². The van der Waals surface area contributed by atoms with E-state index in [1.807, 2.05) is 6.92 Å². The van der Waals surface area contributed by atoms with Gasteiger partial charge in [0.15, 0.2) is 0 Å². The van der Waals surface area contributed by atoms with Gasteiger partial charge in [0, 0.05) is 6.61 Å². The maximum atomic E-state index is 9.00. The largest absolute Gasteiger partial charge is 0.394 e. The van der Waals surface area contributed by atoms with Gasteiger partial charge < -0.3 is 20.1 Å². The molecule has 1 saturated carbocycles. The minimum absolute atomic E-state index is 0.117. The number of hydrogen-bond acceptors (Lipinski definition) is 6. The van der Waals surface area contributed by atoms with Crippen LogP contribution in [0.25, 0.3) is 0 Å². The quantitative estimate of drug-likeness (QED) is 0.816. The van der Waals surface area contributed by atoms with Gasteiger partial charge in [-0.3, -0.25) is 0 Å². The Labute approximate surface area is 113 Å². The summed E-state index contributed by atoms with van der Waals surface area (Å²) in [5, 5.41) is 13.0. The van der Waals surface area contributed by atoms with Crippen LogP contribution in [0.1, 0.15) is 62.9 Å². The van der Waals surface area contributed by atoms with Crippen molar-refractivity contribution in [3.8, 4) is 0 Å². The Morgan fingerprint density at radius 3 is 2.79 bits per heavy atom. The topological polar surface area (TPSA) is 94.4 Å². The van der Waals surface area contributed by atoms with E-state index in [2.05, 4.69) is 10.1 Å². The lowest BCUT2D eigenvalue weighted by atomic mass is 9.85. The number of ether oxygens (including phenoxy) is 1. The molecule has 0 saturated heterocycles. The van der Waals surface area contributed by atoms with E-state index in [1.54, 1.807) is 0 Å². The van der Waals surface area contributed by atoms with E-state index >= 15 is 0 Å². The fourth-order valence-electron chi connectivity index (χ4n) is 2.63. The van der Waals surface area contributed by atoms with Gasteiger partial charge in [-0.2, -0.15) is 4.98 Å². The molecule has 108 valence electrons. The first kappa shape index (κ1) is 14.4. The van der Waals surface area contributed by atoms with Crippen molar-refractivity contribution >= 4 is 0 Å². The molecule has 2 rings (SSSR count). The van der Waals surface area contributed by atoms with E-state index in [9.17, 15) is 0 Å². The molecule has 1 unspecified atom stereocenters. The second-order valence-corrected chi connectivity index (χ2v) is 5.05. The van der Waals surface area contributed by atoms with Crippen molar-refractivity contribution in [1.82, 2.24) is 10.1 Å². The Morgan fingerprint density at radius 1 is 1.42 bits per heavy atom. The average Bonchev–Trinajstić information content (AvgIpc) is 2.94. The fraction of sp³-hybridized carbons (Fsp3) is 0.846. The Balaban J connectivity index is 2.11. The average molecular weight is 269 g/mol. The van der Waals surface area contributed by atoms with Gasteiger partial charge in [-0.05, 0) is 25.7 Å². The molecule has 1 heterocycles. The highest BCUT2D eigenvalue weighted by atomic mass is 16.5. The number of rotatable bonds is 6. The molecular weight excluding hydrogens is 246 g/mol. The summed E-state index contributed by atoms with van der Waals surface area (Å²) >= 11 is 0. The fourth-order valence-corrected chi connectivity index (χ4v) is 2.63. The van der Waals surface area contributed by atoms with Gasteiger partial charge in [0.05, 0.1) is 6.61 Å². The third kappa shape index (κ3) is 3.52. The molecule has 1 aliphatic rings. The first-order valence-corrected chi connectivity index (χ1v) is 7.07.